The summed E-state index contributed by atoms with van der Waals surface area (Å²) in [5.41, 5.74) is 6.47. The zero-order valence-electron chi connectivity index (χ0n) is 12.4. The van der Waals surface area contributed by atoms with Gasteiger partial charge in [-0.2, -0.15) is 0 Å². The Balaban J connectivity index is 1.71. The molecule has 2 aliphatic carbocycles. The molecule has 0 aliphatic heterocycles. The number of carbonyl (C=O) groups excluding carboxylic acids is 1. The number of hydrogen-bond acceptors (Lipinski definition) is 3. The number of rotatable bonds is 5. The fraction of sp³-hybridized carbons (Fsp3) is 0.588. The number of thioether (sulfide) groups is 1. The first-order valence-corrected chi connectivity index (χ1v) is 8.89. The number of para-hydroxylation sites is 1. The number of benzene rings is 1. The van der Waals surface area contributed by atoms with E-state index in [-0.39, 0.29) is 11.3 Å². The van der Waals surface area contributed by atoms with Crippen molar-refractivity contribution in [3.63, 3.8) is 0 Å². The van der Waals surface area contributed by atoms with Crippen LogP contribution in [0.2, 0.25) is 0 Å². The molecule has 0 aromatic heterocycles. The molecule has 3 nitrogen and oxygen atoms in total. The van der Waals surface area contributed by atoms with E-state index in [0.29, 0.717) is 11.8 Å². The molecule has 0 spiro atoms. The molecule has 1 amide bonds. The molecule has 0 atom stereocenters. The number of carbonyl (C=O) groups is 1. The van der Waals surface area contributed by atoms with Gasteiger partial charge in [-0.3, -0.25) is 4.79 Å². The van der Waals surface area contributed by atoms with Gasteiger partial charge in [-0.05, 0) is 37.8 Å². The maximum absolute atomic E-state index is 12.5. The third-order valence-corrected chi connectivity index (χ3v) is 6.33. The highest BCUT2D eigenvalue weighted by molar-refractivity contribution is 8.00. The third kappa shape index (κ3) is 3.11. The van der Waals surface area contributed by atoms with E-state index in [1.54, 1.807) is 0 Å². The molecule has 4 heteroatoms. The number of hydrogen-bond donors (Lipinski definition) is 2. The number of amides is 1. The van der Waals surface area contributed by atoms with Gasteiger partial charge >= 0.3 is 0 Å². The maximum atomic E-state index is 12.5. The van der Waals surface area contributed by atoms with Crippen molar-refractivity contribution >= 4 is 23.4 Å². The van der Waals surface area contributed by atoms with Crippen molar-refractivity contribution in [2.24, 2.45) is 11.1 Å². The molecule has 2 aliphatic rings. The second-order valence-corrected chi connectivity index (χ2v) is 7.65. The summed E-state index contributed by atoms with van der Waals surface area (Å²) in [7, 11) is 0. The van der Waals surface area contributed by atoms with Crippen molar-refractivity contribution < 1.29 is 4.79 Å². The van der Waals surface area contributed by atoms with Gasteiger partial charge in [-0.15, -0.1) is 11.8 Å². The minimum atomic E-state index is -0.314. The molecule has 1 aromatic rings. The average molecular weight is 304 g/mol. The van der Waals surface area contributed by atoms with Crippen molar-refractivity contribution in [2.75, 3.05) is 11.9 Å². The zero-order valence-corrected chi connectivity index (χ0v) is 13.3. The minimum absolute atomic E-state index is 0.107. The van der Waals surface area contributed by atoms with Gasteiger partial charge in [0.05, 0.1) is 11.1 Å². The minimum Gasteiger partial charge on any atom is -0.329 e. The largest absolute Gasteiger partial charge is 0.329 e. The lowest BCUT2D eigenvalue weighted by Crippen LogP contribution is -2.47. The van der Waals surface area contributed by atoms with E-state index in [9.17, 15) is 4.79 Å². The molecule has 3 N–H and O–H groups in total. The van der Waals surface area contributed by atoms with Crippen LogP contribution in [0.5, 0.6) is 0 Å². The van der Waals surface area contributed by atoms with Crippen LogP contribution in [0.4, 0.5) is 5.69 Å². The molecule has 0 radical (unpaired) electrons. The quantitative estimate of drug-likeness (QED) is 0.870. The number of nitrogens with two attached hydrogens (primary N) is 1. The van der Waals surface area contributed by atoms with Gasteiger partial charge in [-0.1, -0.05) is 31.4 Å². The van der Waals surface area contributed by atoms with E-state index >= 15 is 0 Å². The first kappa shape index (κ1) is 14.9. The lowest BCUT2D eigenvalue weighted by molar-refractivity contribution is -0.129. The second kappa shape index (κ2) is 6.41. The fourth-order valence-electron chi connectivity index (χ4n) is 3.24. The highest BCUT2D eigenvalue weighted by Gasteiger charge is 2.42. The van der Waals surface area contributed by atoms with Crippen LogP contribution in [0.15, 0.2) is 29.2 Å². The van der Waals surface area contributed by atoms with Gasteiger partial charge in [0.15, 0.2) is 0 Å². The van der Waals surface area contributed by atoms with Gasteiger partial charge < -0.3 is 11.1 Å². The SMILES string of the molecule is NCC1(C(=O)Nc2ccccc2SC2CCCC2)CCC1. The highest BCUT2D eigenvalue weighted by Crippen LogP contribution is 2.42. The van der Waals surface area contributed by atoms with Crippen LogP contribution in [0.25, 0.3) is 0 Å². The molecule has 114 valence electrons. The first-order chi connectivity index (χ1) is 10.2. The van der Waals surface area contributed by atoms with Gasteiger partial charge in [-0.25, -0.2) is 0 Å². The Morgan fingerprint density at radius 3 is 2.57 bits per heavy atom. The molecule has 3 rings (SSSR count). The van der Waals surface area contributed by atoms with Crippen LogP contribution in [-0.4, -0.2) is 17.7 Å². The van der Waals surface area contributed by atoms with E-state index in [0.717, 1.165) is 24.9 Å². The Kier molecular flexibility index (Phi) is 4.55. The molecule has 0 bridgehead atoms. The smallest absolute Gasteiger partial charge is 0.231 e. The Morgan fingerprint density at radius 1 is 1.24 bits per heavy atom. The van der Waals surface area contributed by atoms with Crippen LogP contribution >= 0.6 is 11.8 Å². The van der Waals surface area contributed by atoms with E-state index in [2.05, 4.69) is 17.4 Å². The monoisotopic (exact) mass is 304 g/mol. The predicted octanol–water partition coefficient (Wildman–Crippen LogP) is 3.79. The number of nitrogens with one attached hydrogen (secondary N) is 1. The van der Waals surface area contributed by atoms with Crippen molar-refractivity contribution in [1.29, 1.82) is 0 Å². The molecule has 2 saturated carbocycles. The third-order valence-electron chi connectivity index (χ3n) is 4.91. The lowest BCUT2D eigenvalue weighted by atomic mass is 9.68. The van der Waals surface area contributed by atoms with Crippen LogP contribution in [0.1, 0.15) is 44.9 Å². The van der Waals surface area contributed by atoms with Crippen LogP contribution in [-0.2, 0) is 4.79 Å². The molecule has 0 saturated heterocycles. The molecule has 21 heavy (non-hydrogen) atoms. The summed E-state index contributed by atoms with van der Waals surface area (Å²) in [6.45, 7) is 0.455. The second-order valence-electron chi connectivity index (χ2n) is 6.31. The van der Waals surface area contributed by atoms with Crippen LogP contribution < -0.4 is 11.1 Å². The summed E-state index contributed by atoms with van der Waals surface area (Å²) < 4.78 is 0. The van der Waals surface area contributed by atoms with Crippen molar-refractivity contribution in [3.8, 4) is 0 Å². The van der Waals surface area contributed by atoms with E-state index in [1.165, 1.54) is 30.6 Å². The van der Waals surface area contributed by atoms with Gasteiger partial charge in [0, 0.05) is 16.7 Å². The van der Waals surface area contributed by atoms with Gasteiger partial charge in [0.2, 0.25) is 5.91 Å². The summed E-state index contributed by atoms with van der Waals surface area (Å²) in [5.74, 6) is 0.107. The number of anilines is 1. The van der Waals surface area contributed by atoms with Crippen molar-refractivity contribution in [1.82, 2.24) is 0 Å². The Morgan fingerprint density at radius 2 is 1.95 bits per heavy atom. The van der Waals surface area contributed by atoms with Crippen molar-refractivity contribution in [3.05, 3.63) is 24.3 Å². The lowest BCUT2D eigenvalue weighted by Gasteiger charge is -2.39. The van der Waals surface area contributed by atoms with E-state index < -0.39 is 0 Å². The fourth-order valence-corrected chi connectivity index (χ4v) is 4.57. The normalized spacial score (nSPS) is 21.0. The Labute approximate surface area is 131 Å². The molecular weight excluding hydrogens is 280 g/mol. The Hall–Kier alpha value is -1.00. The standard InChI is InChI=1S/C17H24N2OS/c18-12-17(10-5-11-17)16(20)19-14-8-3-4-9-15(14)21-13-6-1-2-7-13/h3-4,8-9,13H,1-2,5-7,10-12,18H2,(H,19,20). The van der Waals surface area contributed by atoms with Gasteiger partial charge in [0.1, 0.15) is 0 Å². The average Bonchev–Trinajstić information content (AvgIpc) is 2.93. The predicted molar refractivity (Wildman–Crippen MR) is 88.5 cm³/mol. The summed E-state index contributed by atoms with van der Waals surface area (Å²) in [5, 5.41) is 3.84. The Bertz CT molecular complexity index is 502. The molecule has 0 heterocycles. The summed E-state index contributed by atoms with van der Waals surface area (Å²) in [6, 6.07) is 8.17. The first-order valence-electron chi connectivity index (χ1n) is 8.01. The van der Waals surface area contributed by atoms with E-state index in [1.807, 2.05) is 23.9 Å². The zero-order chi connectivity index (χ0) is 14.7. The van der Waals surface area contributed by atoms with E-state index in [4.69, 9.17) is 5.73 Å². The maximum Gasteiger partial charge on any atom is 0.231 e. The summed E-state index contributed by atoms with van der Waals surface area (Å²) in [6.07, 6.45) is 8.22. The summed E-state index contributed by atoms with van der Waals surface area (Å²) in [4.78, 5) is 13.7. The van der Waals surface area contributed by atoms with Gasteiger partial charge in [0.25, 0.3) is 0 Å². The molecular formula is C17H24N2OS. The molecule has 0 unspecified atom stereocenters. The van der Waals surface area contributed by atoms with Crippen LogP contribution in [0.3, 0.4) is 0 Å². The topological polar surface area (TPSA) is 55.1 Å². The van der Waals surface area contributed by atoms with Crippen molar-refractivity contribution in [2.45, 2.75) is 55.1 Å². The molecule has 2 fully saturated rings. The summed E-state index contributed by atoms with van der Waals surface area (Å²) >= 11 is 1.92. The van der Waals surface area contributed by atoms with Crippen LogP contribution in [0, 0.1) is 5.41 Å². The molecule has 1 aromatic carbocycles. The highest BCUT2D eigenvalue weighted by atomic mass is 32.2.